The number of benzene rings is 2. The zero-order valence-electron chi connectivity index (χ0n) is 27.9. The third-order valence-corrected chi connectivity index (χ3v) is 6.31. The number of aliphatic carboxylic acids is 3. The standard InChI is InChI=1S/2C12H16O2S.3C2H4O2.BF4.2Rh/c2*1-3-14-12(13)10(2)15-9-11-7-5-4-6-8-11;3*1-2(3)4;2-1(3,4)5;;/h2*4-8,10H,3,9H2,1-2H3;3*1H3,(H,3,4);;;/q;;;;;-1;2*+2/p-3/t2*10-;;;;;;/m11....../s1. The van der Waals surface area contributed by atoms with Crippen LogP contribution in [0.4, 0.5) is 17.3 Å². The van der Waals surface area contributed by atoms with Crippen LogP contribution in [0.3, 0.4) is 0 Å². The smallest absolute Gasteiger partial charge is 0.550 e. The van der Waals surface area contributed by atoms with Crippen LogP contribution in [0, 0.1) is 0 Å². The molecule has 2 atom stereocenters. The number of ether oxygens (including phenoxy) is 2. The van der Waals surface area contributed by atoms with E-state index in [1.807, 2.05) is 64.1 Å². The predicted octanol–water partition coefficient (Wildman–Crippen LogP) is 3.31. The van der Waals surface area contributed by atoms with Crippen LogP contribution in [0.25, 0.3) is 0 Å². The molecule has 0 saturated heterocycles. The summed E-state index contributed by atoms with van der Waals surface area (Å²) >= 11 is 3.21. The second-order valence-corrected chi connectivity index (χ2v) is 11.0. The molecule has 10 nitrogen and oxygen atoms in total. The van der Waals surface area contributed by atoms with E-state index >= 15 is 0 Å². The van der Waals surface area contributed by atoms with Crippen LogP contribution in [-0.2, 0) is 83.9 Å². The van der Waals surface area contributed by atoms with Crippen LogP contribution in [0.2, 0.25) is 0 Å². The van der Waals surface area contributed by atoms with E-state index in [9.17, 15) is 26.9 Å². The van der Waals surface area contributed by atoms with Crippen molar-refractivity contribution in [1.82, 2.24) is 0 Å². The van der Waals surface area contributed by atoms with Crippen LogP contribution in [-0.4, -0.2) is 60.8 Å². The number of hydrogen-bond acceptors (Lipinski definition) is 12. The number of rotatable bonds is 10. The molecule has 0 amide bonds. The minimum absolute atomic E-state index is 0. The first-order valence-electron chi connectivity index (χ1n) is 13.7. The first-order chi connectivity index (χ1) is 21.7. The summed E-state index contributed by atoms with van der Waals surface area (Å²) in [5.74, 6) is -1.81. The molecular formula is C30H41BF4O10Rh2S2. The molecule has 2 aromatic rings. The third-order valence-electron chi connectivity index (χ3n) is 3.92. The van der Waals surface area contributed by atoms with E-state index in [1.54, 1.807) is 23.5 Å². The largest absolute Gasteiger partial charge is 2.00 e. The molecular weight excluding hydrogens is 877 g/mol. The van der Waals surface area contributed by atoms with Crippen molar-refractivity contribution in [2.45, 2.75) is 70.5 Å². The molecule has 0 aliphatic rings. The number of carboxylic acids is 3. The van der Waals surface area contributed by atoms with Gasteiger partial charge >= 0.3 is 58.1 Å². The first kappa shape index (κ1) is 58.7. The fourth-order valence-corrected chi connectivity index (χ4v) is 3.92. The van der Waals surface area contributed by atoms with Gasteiger partial charge in [0.15, 0.2) is 0 Å². The Kier molecular flexibility index (Phi) is 45.9. The van der Waals surface area contributed by atoms with E-state index in [-0.39, 0.29) is 61.4 Å². The average molecular weight is 918 g/mol. The van der Waals surface area contributed by atoms with Crippen LogP contribution in [0.15, 0.2) is 60.7 Å². The monoisotopic (exact) mass is 918 g/mol. The molecule has 0 bridgehead atoms. The van der Waals surface area contributed by atoms with Crippen molar-refractivity contribution in [2.75, 3.05) is 13.2 Å². The molecule has 282 valence electrons. The summed E-state index contributed by atoms with van der Waals surface area (Å²) < 4.78 is 48.9. The van der Waals surface area contributed by atoms with Gasteiger partial charge in [-0.3, -0.25) is 9.59 Å². The van der Waals surface area contributed by atoms with Crippen LogP contribution in [0.5, 0.6) is 0 Å². The predicted molar refractivity (Wildman–Crippen MR) is 170 cm³/mol. The molecule has 49 heavy (non-hydrogen) atoms. The summed E-state index contributed by atoms with van der Waals surface area (Å²) in [6.45, 7) is 11.2. The Morgan fingerprint density at radius 3 is 1.00 bits per heavy atom. The summed E-state index contributed by atoms with van der Waals surface area (Å²) in [7, 11) is -6.00. The Labute approximate surface area is 319 Å². The maximum Gasteiger partial charge on any atom is 2.00 e. The molecule has 0 spiro atoms. The van der Waals surface area contributed by atoms with E-state index in [0.717, 1.165) is 32.3 Å². The molecule has 0 aliphatic heterocycles. The number of thioether (sulfide) groups is 2. The van der Waals surface area contributed by atoms with Gasteiger partial charge in [-0.1, -0.05) is 60.7 Å². The van der Waals surface area contributed by atoms with Gasteiger partial charge in [0.25, 0.3) is 0 Å². The van der Waals surface area contributed by atoms with E-state index in [4.69, 9.17) is 39.2 Å². The molecule has 0 unspecified atom stereocenters. The quantitative estimate of drug-likeness (QED) is 0.194. The van der Waals surface area contributed by atoms with E-state index in [2.05, 4.69) is 24.3 Å². The van der Waals surface area contributed by atoms with Crippen molar-refractivity contribution in [3.8, 4) is 0 Å². The van der Waals surface area contributed by atoms with Gasteiger partial charge < -0.3 is 56.4 Å². The Balaban J connectivity index is -0.000000126. The van der Waals surface area contributed by atoms with E-state index < -0.39 is 25.2 Å². The molecule has 0 aliphatic carbocycles. The fraction of sp³-hybridized carbons (Fsp3) is 0.433. The van der Waals surface area contributed by atoms with Crippen molar-refractivity contribution < 1.29 is 105 Å². The van der Waals surface area contributed by atoms with Gasteiger partial charge in [0.05, 0.1) is 23.7 Å². The van der Waals surface area contributed by atoms with E-state index in [0.29, 0.717) is 13.2 Å². The Hall–Kier alpha value is -2.48. The first-order valence-corrected chi connectivity index (χ1v) is 15.8. The van der Waals surface area contributed by atoms with Gasteiger partial charge in [-0.25, -0.2) is 0 Å². The van der Waals surface area contributed by atoms with Crippen molar-refractivity contribution in [1.29, 1.82) is 0 Å². The number of carbonyl (C=O) groups is 5. The van der Waals surface area contributed by atoms with Gasteiger partial charge in [-0.05, 0) is 59.6 Å². The third kappa shape index (κ3) is 61.2. The molecule has 2 rings (SSSR count). The van der Waals surface area contributed by atoms with Crippen LogP contribution >= 0.6 is 23.5 Å². The molecule has 2 aromatic carbocycles. The zero-order chi connectivity index (χ0) is 37.4. The second kappa shape index (κ2) is 38.3. The Bertz CT molecular complexity index is 1010. The maximum absolute atomic E-state index is 11.3. The summed E-state index contributed by atoms with van der Waals surface area (Å²) in [6, 6.07) is 20.2. The number of carbonyl (C=O) groups excluding carboxylic acids is 5. The van der Waals surface area contributed by atoms with Crippen molar-refractivity contribution in [3.05, 3.63) is 71.8 Å². The molecule has 0 fully saturated rings. The minimum Gasteiger partial charge on any atom is -0.550 e. The topological polar surface area (TPSA) is 173 Å². The molecule has 0 saturated carbocycles. The summed E-state index contributed by atoms with van der Waals surface area (Å²) in [4.78, 5) is 49.3. The molecule has 0 aromatic heterocycles. The molecule has 0 heterocycles. The number of carboxylic acid groups (broad SMARTS) is 3. The normalized spacial score (nSPS) is 10.2. The summed E-state index contributed by atoms with van der Waals surface area (Å²) in [5, 5.41) is 26.5. The zero-order valence-corrected chi connectivity index (χ0v) is 32.8. The number of halogens is 4. The van der Waals surface area contributed by atoms with Crippen molar-refractivity contribution in [3.63, 3.8) is 0 Å². The van der Waals surface area contributed by atoms with Gasteiger partial charge in [0.2, 0.25) is 0 Å². The van der Waals surface area contributed by atoms with Gasteiger partial charge in [-0.15, -0.1) is 23.5 Å². The summed E-state index contributed by atoms with van der Waals surface area (Å²) in [5.41, 5.74) is 2.47. The molecule has 19 heteroatoms. The minimum atomic E-state index is -6.00. The second-order valence-electron chi connectivity index (χ2n) is 8.35. The number of esters is 2. The van der Waals surface area contributed by atoms with Crippen molar-refractivity contribution in [2.24, 2.45) is 0 Å². The van der Waals surface area contributed by atoms with Gasteiger partial charge in [0, 0.05) is 29.4 Å². The Morgan fingerprint density at radius 1 is 0.612 bits per heavy atom. The molecule has 2 radical (unpaired) electrons. The van der Waals surface area contributed by atoms with Gasteiger partial charge in [0.1, 0.15) is 0 Å². The van der Waals surface area contributed by atoms with E-state index in [1.165, 1.54) is 11.1 Å². The molecule has 0 N–H and O–H groups in total. The fourth-order valence-electron chi connectivity index (χ4n) is 2.25. The maximum atomic E-state index is 11.3. The Morgan fingerprint density at radius 2 is 0.816 bits per heavy atom. The average Bonchev–Trinajstić information content (AvgIpc) is 2.94. The van der Waals surface area contributed by atoms with Crippen LogP contribution < -0.4 is 15.3 Å². The van der Waals surface area contributed by atoms with Crippen LogP contribution in [0.1, 0.15) is 59.6 Å². The van der Waals surface area contributed by atoms with Gasteiger partial charge in [-0.2, -0.15) is 0 Å². The summed E-state index contributed by atoms with van der Waals surface area (Å²) in [6.07, 6.45) is 0. The van der Waals surface area contributed by atoms with Crippen molar-refractivity contribution >= 4 is 60.6 Å². The number of hydrogen-bond donors (Lipinski definition) is 0. The SMILES string of the molecule is CC(=O)[O-].CC(=O)[O-].CC(=O)[O-].CCOC(=O)[C@@H](C)SCc1ccccc1.CCOC(=O)[C@@H](C)SCc1ccccc1.F[B-](F)(F)F.[Rh+2].[Rh+2].